The molecule has 0 aliphatic heterocycles. The molecule has 0 radical (unpaired) electrons. The minimum absolute atomic E-state index is 0.228. The Bertz CT molecular complexity index is 582. The van der Waals surface area contributed by atoms with Crippen LogP contribution in [0.2, 0.25) is 10.0 Å². The van der Waals surface area contributed by atoms with Crippen molar-refractivity contribution in [3.8, 4) is 0 Å². The van der Waals surface area contributed by atoms with Crippen LogP contribution in [0.25, 0.3) is 0 Å². The van der Waals surface area contributed by atoms with Gasteiger partial charge in [-0.25, -0.2) is 0 Å². The number of anilines is 2. The van der Waals surface area contributed by atoms with Crippen molar-refractivity contribution in [2.24, 2.45) is 0 Å². The number of carbonyl (C=O) groups excluding carboxylic acids is 1. The Balaban J connectivity index is 2.16. The summed E-state index contributed by atoms with van der Waals surface area (Å²) in [7, 11) is 0. The van der Waals surface area contributed by atoms with Crippen molar-refractivity contribution in [2.75, 3.05) is 11.1 Å². The van der Waals surface area contributed by atoms with Crippen LogP contribution in [0.1, 0.15) is 10.4 Å². The number of nitrogen functional groups attached to an aromatic ring is 1. The summed E-state index contributed by atoms with van der Waals surface area (Å²) in [6, 6.07) is 11.6. The summed E-state index contributed by atoms with van der Waals surface area (Å²) in [5.74, 6) is -0.228. The second kappa shape index (κ2) is 5.29. The number of halogens is 2. The van der Waals surface area contributed by atoms with Crippen LogP contribution in [-0.2, 0) is 0 Å². The normalized spacial score (nSPS) is 10.1. The fourth-order valence-electron chi connectivity index (χ4n) is 1.41. The first-order valence-corrected chi connectivity index (χ1v) is 5.94. The molecule has 0 bridgehead atoms. The first kappa shape index (κ1) is 12.7. The Morgan fingerprint density at radius 2 is 1.67 bits per heavy atom. The predicted octanol–water partition coefficient (Wildman–Crippen LogP) is 3.83. The lowest BCUT2D eigenvalue weighted by Gasteiger charge is -2.06. The van der Waals surface area contributed by atoms with E-state index in [4.69, 9.17) is 28.9 Å². The maximum absolute atomic E-state index is 11.9. The van der Waals surface area contributed by atoms with E-state index < -0.39 is 0 Å². The topological polar surface area (TPSA) is 55.1 Å². The quantitative estimate of drug-likeness (QED) is 0.822. The van der Waals surface area contributed by atoms with E-state index in [9.17, 15) is 4.79 Å². The van der Waals surface area contributed by atoms with Gasteiger partial charge in [0, 0.05) is 16.9 Å². The van der Waals surface area contributed by atoms with Crippen molar-refractivity contribution in [3.05, 3.63) is 58.1 Å². The maximum atomic E-state index is 11.9. The van der Waals surface area contributed by atoms with Crippen LogP contribution in [0.3, 0.4) is 0 Å². The molecule has 3 nitrogen and oxygen atoms in total. The molecule has 0 saturated heterocycles. The monoisotopic (exact) mass is 280 g/mol. The number of amides is 1. The number of nitrogens with one attached hydrogen (secondary N) is 1. The van der Waals surface area contributed by atoms with E-state index in [1.807, 2.05) is 0 Å². The zero-order valence-electron chi connectivity index (χ0n) is 9.28. The molecule has 0 fully saturated rings. The molecule has 2 aromatic carbocycles. The summed E-state index contributed by atoms with van der Waals surface area (Å²) < 4.78 is 0. The lowest BCUT2D eigenvalue weighted by Crippen LogP contribution is -2.11. The van der Waals surface area contributed by atoms with Gasteiger partial charge in [-0.2, -0.15) is 0 Å². The fourth-order valence-corrected chi connectivity index (χ4v) is 1.71. The highest BCUT2D eigenvalue weighted by Crippen LogP contribution is 2.25. The average molecular weight is 281 g/mol. The third kappa shape index (κ3) is 2.94. The van der Waals surface area contributed by atoms with E-state index in [1.165, 1.54) is 0 Å². The lowest BCUT2D eigenvalue weighted by atomic mass is 10.2. The summed E-state index contributed by atoms with van der Waals surface area (Å²) in [6.07, 6.45) is 0. The first-order valence-electron chi connectivity index (χ1n) is 5.18. The molecule has 0 unspecified atom stereocenters. The summed E-state index contributed by atoms with van der Waals surface area (Å²) in [5, 5.41) is 3.56. The zero-order valence-corrected chi connectivity index (χ0v) is 10.8. The Labute approximate surface area is 115 Å². The highest BCUT2D eigenvalue weighted by Gasteiger charge is 2.06. The second-order valence-corrected chi connectivity index (χ2v) is 4.52. The SMILES string of the molecule is Nc1ccc(C(=O)Nc2ccc(Cl)c(Cl)c2)cc1. The number of hydrogen-bond donors (Lipinski definition) is 2. The summed E-state index contributed by atoms with van der Waals surface area (Å²) in [6.45, 7) is 0. The van der Waals surface area contributed by atoms with Gasteiger partial charge in [0.05, 0.1) is 10.0 Å². The Morgan fingerprint density at radius 1 is 1.00 bits per heavy atom. The van der Waals surface area contributed by atoms with Gasteiger partial charge in [0.15, 0.2) is 0 Å². The largest absolute Gasteiger partial charge is 0.399 e. The van der Waals surface area contributed by atoms with Gasteiger partial charge >= 0.3 is 0 Å². The van der Waals surface area contributed by atoms with E-state index in [0.717, 1.165) is 0 Å². The smallest absolute Gasteiger partial charge is 0.255 e. The molecule has 2 aromatic rings. The van der Waals surface area contributed by atoms with Crippen molar-refractivity contribution >= 4 is 40.5 Å². The maximum Gasteiger partial charge on any atom is 0.255 e. The lowest BCUT2D eigenvalue weighted by molar-refractivity contribution is 0.102. The Hall–Kier alpha value is -1.71. The van der Waals surface area contributed by atoms with E-state index in [0.29, 0.717) is 27.0 Å². The van der Waals surface area contributed by atoms with E-state index in [1.54, 1.807) is 42.5 Å². The molecule has 92 valence electrons. The van der Waals surface area contributed by atoms with Crippen LogP contribution in [0.15, 0.2) is 42.5 Å². The summed E-state index contributed by atoms with van der Waals surface area (Å²) in [5.41, 5.74) is 7.28. The molecule has 18 heavy (non-hydrogen) atoms. The van der Waals surface area contributed by atoms with Crippen LogP contribution >= 0.6 is 23.2 Å². The molecule has 0 atom stereocenters. The van der Waals surface area contributed by atoms with Crippen molar-refractivity contribution in [2.45, 2.75) is 0 Å². The third-order valence-corrected chi connectivity index (χ3v) is 3.09. The van der Waals surface area contributed by atoms with E-state index >= 15 is 0 Å². The molecule has 0 aliphatic carbocycles. The van der Waals surface area contributed by atoms with E-state index in [2.05, 4.69) is 5.32 Å². The summed E-state index contributed by atoms with van der Waals surface area (Å²) in [4.78, 5) is 11.9. The first-order chi connectivity index (χ1) is 8.56. The summed E-state index contributed by atoms with van der Waals surface area (Å²) >= 11 is 11.7. The number of hydrogen-bond acceptors (Lipinski definition) is 2. The molecule has 3 N–H and O–H groups in total. The molecule has 0 saturated carbocycles. The number of rotatable bonds is 2. The van der Waals surface area contributed by atoms with Gasteiger partial charge in [-0.3, -0.25) is 4.79 Å². The van der Waals surface area contributed by atoms with Gasteiger partial charge in [0.25, 0.3) is 5.91 Å². The van der Waals surface area contributed by atoms with Gasteiger partial charge in [-0.05, 0) is 42.5 Å². The molecule has 0 aliphatic rings. The molecule has 0 spiro atoms. The van der Waals surface area contributed by atoms with Crippen molar-refractivity contribution in [1.29, 1.82) is 0 Å². The van der Waals surface area contributed by atoms with E-state index in [-0.39, 0.29) is 5.91 Å². The molecule has 0 heterocycles. The van der Waals surface area contributed by atoms with Gasteiger partial charge in [-0.1, -0.05) is 23.2 Å². The van der Waals surface area contributed by atoms with Crippen molar-refractivity contribution in [3.63, 3.8) is 0 Å². The fraction of sp³-hybridized carbons (Fsp3) is 0. The zero-order chi connectivity index (χ0) is 13.1. The minimum atomic E-state index is -0.228. The van der Waals surface area contributed by atoms with Crippen molar-refractivity contribution < 1.29 is 4.79 Å². The second-order valence-electron chi connectivity index (χ2n) is 3.71. The van der Waals surface area contributed by atoms with Gasteiger partial charge in [-0.15, -0.1) is 0 Å². The minimum Gasteiger partial charge on any atom is -0.399 e. The number of carbonyl (C=O) groups is 1. The van der Waals surface area contributed by atoms with Crippen LogP contribution in [0.4, 0.5) is 11.4 Å². The van der Waals surface area contributed by atoms with Gasteiger partial charge < -0.3 is 11.1 Å². The molecule has 2 rings (SSSR count). The Kier molecular flexibility index (Phi) is 3.75. The van der Waals surface area contributed by atoms with Crippen LogP contribution in [-0.4, -0.2) is 5.91 Å². The molecule has 1 amide bonds. The van der Waals surface area contributed by atoms with Gasteiger partial charge in [0.2, 0.25) is 0 Å². The molecule has 0 aromatic heterocycles. The standard InChI is InChI=1S/C13H10Cl2N2O/c14-11-6-5-10(7-12(11)15)17-13(18)8-1-3-9(16)4-2-8/h1-7H,16H2,(H,17,18). The average Bonchev–Trinajstić information content (AvgIpc) is 2.34. The number of nitrogens with two attached hydrogens (primary N) is 1. The van der Waals surface area contributed by atoms with Crippen LogP contribution in [0.5, 0.6) is 0 Å². The molecular weight excluding hydrogens is 271 g/mol. The third-order valence-electron chi connectivity index (χ3n) is 2.35. The molecular formula is C13H10Cl2N2O. The van der Waals surface area contributed by atoms with Crippen LogP contribution in [0, 0.1) is 0 Å². The number of benzene rings is 2. The predicted molar refractivity (Wildman–Crippen MR) is 75.3 cm³/mol. The Morgan fingerprint density at radius 3 is 2.28 bits per heavy atom. The van der Waals surface area contributed by atoms with Crippen molar-refractivity contribution in [1.82, 2.24) is 0 Å². The molecule has 5 heteroatoms. The van der Waals surface area contributed by atoms with Gasteiger partial charge in [0.1, 0.15) is 0 Å². The van der Waals surface area contributed by atoms with Crippen LogP contribution < -0.4 is 11.1 Å². The highest BCUT2D eigenvalue weighted by molar-refractivity contribution is 6.42. The highest BCUT2D eigenvalue weighted by atomic mass is 35.5.